The van der Waals surface area contributed by atoms with Crippen LogP contribution in [0.3, 0.4) is 0 Å². The van der Waals surface area contributed by atoms with E-state index in [9.17, 15) is 4.39 Å². The summed E-state index contributed by atoms with van der Waals surface area (Å²) in [7, 11) is 0. The Balaban J connectivity index is 0.00000196. The van der Waals surface area contributed by atoms with E-state index in [4.69, 9.17) is 14.5 Å². The molecule has 3 nitrogen and oxygen atoms in total. The fourth-order valence-corrected chi connectivity index (χ4v) is 3.40. The third-order valence-electron chi connectivity index (χ3n) is 4.68. The van der Waals surface area contributed by atoms with E-state index in [-0.39, 0.29) is 25.0 Å². The van der Waals surface area contributed by atoms with Crippen LogP contribution in [0.1, 0.15) is 42.4 Å². The Morgan fingerprint density at radius 2 is 1.85 bits per heavy atom. The highest BCUT2D eigenvalue weighted by Crippen LogP contribution is 2.40. The zero-order valence-corrected chi connectivity index (χ0v) is 15.4. The van der Waals surface area contributed by atoms with Crippen LogP contribution in [0.2, 0.25) is 0 Å². The summed E-state index contributed by atoms with van der Waals surface area (Å²) in [4.78, 5) is 4.79. The van der Waals surface area contributed by atoms with Crippen molar-refractivity contribution in [2.75, 3.05) is 13.3 Å². The van der Waals surface area contributed by atoms with Crippen molar-refractivity contribution in [3.8, 4) is 11.5 Å². The fraction of sp³-hybridized carbons (Fsp3) is 0.286. The Bertz CT molecular complexity index is 846. The van der Waals surface area contributed by atoms with E-state index in [1.165, 1.54) is 17.7 Å². The number of hydrogen-bond donors (Lipinski definition) is 0. The molecule has 2 aliphatic heterocycles. The van der Waals surface area contributed by atoms with Gasteiger partial charge in [-0.2, -0.15) is 0 Å². The highest BCUT2D eigenvalue weighted by molar-refractivity contribution is 6.12. The van der Waals surface area contributed by atoms with Crippen LogP contribution in [0.4, 0.5) is 4.39 Å². The van der Waals surface area contributed by atoms with Gasteiger partial charge in [0.05, 0.1) is 5.71 Å². The number of nitrogens with zero attached hydrogens (tertiary/aromatic N) is 1. The van der Waals surface area contributed by atoms with Crippen molar-refractivity contribution < 1.29 is 13.9 Å². The smallest absolute Gasteiger partial charge is 0.231 e. The van der Waals surface area contributed by atoms with Crippen molar-refractivity contribution in [1.82, 2.24) is 0 Å². The lowest BCUT2D eigenvalue weighted by Gasteiger charge is -2.24. The first-order valence-corrected chi connectivity index (χ1v) is 8.66. The molecule has 2 heterocycles. The molecule has 136 valence electrons. The highest BCUT2D eigenvalue weighted by Gasteiger charge is 2.26. The number of aliphatic imine (C=N–C) groups is 1. The summed E-state index contributed by atoms with van der Waals surface area (Å²) < 4.78 is 24.1. The quantitative estimate of drug-likeness (QED) is 0.720. The third-order valence-corrected chi connectivity index (χ3v) is 4.68. The van der Waals surface area contributed by atoms with Crippen molar-refractivity contribution in [3.63, 3.8) is 0 Å². The molecular formula is C21H21ClFNO2. The van der Waals surface area contributed by atoms with Crippen LogP contribution in [0.15, 0.2) is 47.5 Å². The van der Waals surface area contributed by atoms with Gasteiger partial charge in [-0.15, -0.1) is 12.4 Å². The molecule has 4 rings (SSSR count). The van der Waals surface area contributed by atoms with Crippen molar-refractivity contribution in [2.45, 2.75) is 25.7 Å². The lowest BCUT2D eigenvalue weighted by Crippen LogP contribution is -2.16. The minimum absolute atomic E-state index is 0. The first-order valence-electron chi connectivity index (χ1n) is 8.66. The SMILES string of the molecule is CCCC1CN=C(C=Cc2ccc(F)cc2)c2cc3c(cc21)OCO3.Cl. The fourth-order valence-electron chi connectivity index (χ4n) is 3.40. The zero-order valence-electron chi connectivity index (χ0n) is 14.6. The molecule has 1 unspecified atom stereocenters. The van der Waals surface area contributed by atoms with E-state index in [0.717, 1.165) is 47.7 Å². The van der Waals surface area contributed by atoms with Gasteiger partial charge in [-0.05, 0) is 47.9 Å². The Morgan fingerprint density at radius 1 is 1.12 bits per heavy atom. The normalized spacial score (nSPS) is 17.6. The standard InChI is InChI=1S/C21H20FNO2.ClH/c1-2-3-15-12-23-19(9-6-14-4-7-16(22)8-5-14)18-11-21-20(10-17(15)18)24-13-25-21;/h4-11,15H,2-3,12-13H2,1H3;1H. The van der Waals surface area contributed by atoms with Crippen LogP contribution in [-0.4, -0.2) is 19.0 Å². The maximum Gasteiger partial charge on any atom is 0.231 e. The molecular weight excluding hydrogens is 353 g/mol. The number of benzene rings is 2. The predicted molar refractivity (Wildman–Crippen MR) is 104 cm³/mol. The molecule has 0 radical (unpaired) electrons. The molecule has 0 N–H and O–H groups in total. The average Bonchev–Trinajstić information content (AvgIpc) is 3.08. The van der Waals surface area contributed by atoms with Crippen LogP contribution >= 0.6 is 12.4 Å². The Labute approximate surface area is 159 Å². The Morgan fingerprint density at radius 3 is 2.58 bits per heavy atom. The average molecular weight is 374 g/mol. The Hall–Kier alpha value is -2.33. The number of allylic oxidation sites excluding steroid dienone is 1. The van der Waals surface area contributed by atoms with Gasteiger partial charge in [0.2, 0.25) is 6.79 Å². The molecule has 2 aliphatic rings. The number of rotatable bonds is 4. The van der Waals surface area contributed by atoms with E-state index < -0.39 is 0 Å². The minimum atomic E-state index is -0.229. The van der Waals surface area contributed by atoms with E-state index in [0.29, 0.717) is 5.92 Å². The van der Waals surface area contributed by atoms with Crippen LogP contribution in [-0.2, 0) is 0 Å². The van der Waals surface area contributed by atoms with E-state index in [2.05, 4.69) is 13.0 Å². The number of ether oxygens (including phenoxy) is 2. The largest absolute Gasteiger partial charge is 0.454 e. The maximum atomic E-state index is 13.0. The molecule has 2 aromatic rings. The van der Waals surface area contributed by atoms with Crippen LogP contribution in [0.5, 0.6) is 11.5 Å². The second kappa shape index (κ2) is 7.92. The summed E-state index contributed by atoms with van der Waals surface area (Å²) in [5, 5.41) is 0. The van der Waals surface area contributed by atoms with Crippen LogP contribution in [0.25, 0.3) is 6.08 Å². The van der Waals surface area contributed by atoms with Gasteiger partial charge >= 0.3 is 0 Å². The number of halogens is 2. The van der Waals surface area contributed by atoms with Crippen molar-refractivity contribution in [1.29, 1.82) is 0 Å². The summed E-state index contributed by atoms with van der Waals surface area (Å²) in [6.45, 7) is 3.25. The highest BCUT2D eigenvalue weighted by atomic mass is 35.5. The van der Waals surface area contributed by atoms with Gasteiger partial charge in [-0.1, -0.05) is 31.6 Å². The summed E-state index contributed by atoms with van der Waals surface area (Å²) >= 11 is 0. The molecule has 26 heavy (non-hydrogen) atoms. The molecule has 0 fully saturated rings. The first-order chi connectivity index (χ1) is 12.2. The van der Waals surface area contributed by atoms with E-state index in [1.54, 1.807) is 12.1 Å². The molecule has 0 spiro atoms. The second-order valence-corrected chi connectivity index (χ2v) is 6.39. The molecule has 0 amide bonds. The summed E-state index contributed by atoms with van der Waals surface area (Å²) in [5.74, 6) is 1.78. The first kappa shape index (κ1) is 18.5. The summed E-state index contributed by atoms with van der Waals surface area (Å²) in [5.41, 5.74) is 4.26. The maximum absolute atomic E-state index is 13.0. The molecule has 0 saturated carbocycles. The second-order valence-electron chi connectivity index (χ2n) is 6.39. The minimum Gasteiger partial charge on any atom is -0.454 e. The van der Waals surface area contributed by atoms with Gasteiger partial charge in [0.15, 0.2) is 11.5 Å². The zero-order chi connectivity index (χ0) is 17.2. The number of fused-ring (bicyclic) bond motifs is 2. The monoisotopic (exact) mass is 373 g/mol. The number of hydrogen-bond acceptors (Lipinski definition) is 3. The molecule has 1 atom stereocenters. The molecule has 0 saturated heterocycles. The van der Waals surface area contributed by atoms with Crippen molar-refractivity contribution >= 4 is 24.2 Å². The molecule has 0 aliphatic carbocycles. The summed E-state index contributed by atoms with van der Waals surface area (Å²) in [6.07, 6.45) is 6.18. The van der Waals surface area contributed by atoms with Gasteiger partial charge in [-0.25, -0.2) is 4.39 Å². The van der Waals surface area contributed by atoms with Gasteiger partial charge in [0.25, 0.3) is 0 Å². The summed E-state index contributed by atoms with van der Waals surface area (Å²) in [6, 6.07) is 10.6. The molecule has 2 aromatic carbocycles. The van der Waals surface area contributed by atoms with Crippen molar-refractivity contribution in [2.24, 2.45) is 4.99 Å². The van der Waals surface area contributed by atoms with E-state index >= 15 is 0 Å². The third kappa shape index (κ3) is 3.61. The van der Waals surface area contributed by atoms with Crippen LogP contribution in [0, 0.1) is 5.82 Å². The van der Waals surface area contributed by atoms with Crippen LogP contribution < -0.4 is 9.47 Å². The van der Waals surface area contributed by atoms with Gasteiger partial charge in [-0.3, -0.25) is 4.99 Å². The van der Waals surface area contributed by atoms with Gasteiger partial charge in [0, 0.05) is 18.0 Å². The molecule has 0 bridgehead atoms. The van der Waals surface area contributed by atoms with E-state index in [1.807, 2.05) is 18.2 Å². The lowest BCUT2D eigenvalue weighted by molar-refractivity contribution is 0.174. The van der Waals surface area contributed by atoms with Gasteiger partial charge < -0.3 is 9.47 Å². The molecule has 5 heteroatoms. The van der Waals surface area contributed by atoms with Gasteiger partial charge in [0.1, 0.15) is 5.82 Å². The lowest BCUT2D eigenvalue weighted by atomic mass is 9.86. The topological polar surface area (TPSA) is 30.8 Å². The molecule has 0 aromatic heterocycles. The Kier molecular flexibility index (Phi) is 5.62. The van der Waals surface area contributed by atoms with Crippen molar-refractivity contribution in [3.05, 3.63) is 65.0 Å². The predicted octanol–water partition coefficient (Wildman–Crippen LogP) is 5.38.